The number of aromatic nitrogens is 2. The van der Waals surface area contributed by atoms with Crippen molar-refractivity contribution in [3.05, 3.63) is 47.3 Å². The second kappa shape index (κ2) is 7.18. The van der Waals surface area contributed by atoms with Crippen molar-refractivity contribution in [1.29, 1.82) is 0 Å². The highest BCUT2D eigenvalue weighted by Gasteiger charge is 2.24. The van der Waals surface area contributed by atoms with Crippen molar-refractivity contribution in [1.82, 2.24) is 15.1 Å². The van der Waals surface area contributed by atoms with Gasteiger partial charge in [-0.05, 0) is 44.2 Å². The van der Waals surface area contributed by atoms with E-state index in [0.717, 1.165) is 29.8 Å². The summed E-state index contributed by atoms with van der Waals surface area (Å²) in [7, 11) is 0. The maximum absolute atomic E-state index is 12.4. The predicted octanol–water partition coefficient (Wildman–Crippen LogP) is 2.77. The fraction of sp³-hybridized carbons (Fsp3) is 0.474. The number of amides is 1. The molecule has 3 rings (SSSR count). The molecular weight excluding hydrogens is 302 g/mol. The van der Waals surface area contributed by atoms with Gasteiger partial charge in [0, 0.05) is 6.54 Å². The number of carbonyl (C=O) groups excluding carboxylic acids is 1. The molecule has 1 heterocycles. The van der Waals surface area contributed by atoms with Crippen molar-refractivity contribution < 1.29 is 9.90 Å². The number of carbonyl (C=O) groups is 1. The van der Waals surface area contributed by atoms with E-state index in [1.165, 1.54) is 12.8 Å². The summed E-state index contributed by atoms with van der Waals surface area (Å²) in [5, 5.41) is 17.4. The number of benzene rings is 1. The first kappa shape index (κ1) is 16.7. The molecule has 1 aromatic heterocycles. The third kappa shape index (κ3) is 3.36. The zero-order valence-electron chi connectivity index (χ0n) is 14.3. The molecule has 1 atom stereocenters. The van der Waals surface area contributed by atoms with Crippen LogP contribution >= 0.6 is 0 Å². The van der Waals surface area contributed by atoms with Gasteiger partial charge in [-0.25, -0.2) is 4.68 Å². The van der Waals surface area contributed by atoms with E-state index in [1.54, 1.807) is 10.9 Å². The lowest BCUT2D eigenvalue weighted by molar-refractivity contribution is 0.0840. The number of aliphatic hydroxyl groups excluding tert-OH is 1. The van der Waals surface area contributed by atoms with Crippen LogP contribution in [0.15, 0.2) is 30.5 Å². The van der Waals surface area contributed by atoms with Crippen LogP contribution < -0.4 is 5.32 Å². The van der Waals surface area contributed by atoms with Crippen molar-refractivity contribution in [3.63, 3.8) is 0 Å². The Kier molecular flexibility index (Phi) is 5.00. The van der Waals surface area contributed by atoms with Gasteiger partial charge in [0.2, 0.25) is 0 Å². The molecule has 2 N–H and O–H groups in total. The van der Waals surface area contributed by atoms with Crippen LogP contribution in [-0.4, -0.2) is 33.4 Å². The predicted molar refractivity (Wildman–Crippen MR) is 93.3 cm³/mol. The molecule has 128 valence electrons. The fourth-order valence-electron chi connectivity index (χ4n) is 3.48. The molecule has 1 fully saturated rings. The van der Waals surface area contributed by atoms with E-state index in [9.17, 15) is 9.90 Å². The van der Waals surface area contributed by atoms with Gasteiger partial charge in [-0.1, -0.05) is 31.0 Å². The third-order valence-electron chi connectivity index (χ3n) is 5.01. The Morgan fingerprint density at radius 1 is 1.33 bits per heavy atom. The largest absolute Gasteiger partial charge is 0.391 e. The monoisotopic (exact) mass is 327 g/mol. The number of rotatable bonds is 5. The van der Waals surface area contributed by atoms with Gasteiger partial charge in [-0.15, -0.1) is 0 Å². The maximum Gasteiger partial charge on any atom is 0.254 e. The molecule has 0 radical (unpaired) electrons. The average molecular weight is 327 g/mol. The number of nitrogens with zero attached hydrogens (tertiary/aromatic N) is 2. The van der Waals surface area contributed by atoms with Crippen LogP contribution in [0.1, 0.15) is 47.3 Å². The minimum atomic E-state index is -0.455. The summed E-state index contributed by atoms with van der Waals surface area (Å²) in [6.07, 6.45) is 5.61. The van der Waals surface area contributed by atoms with Gasteiger partial charge in [0.15, 0.2) is 0 Å². The van der Waals surface area contributed by atoms with Crippen LogP contribution in [-0.2, 0) is 0 Å². The maximum atomic E-state index is 12.4. The molecule has 2 aromatic rings. The van der Waals surface area contributed by atoms with Crippen molar-refractivity contribution >= 4 is 5.91 Å². The summed E-state index contributed by atoms with van der Waals surface area (Å²) in [5.41, 5.74) is 3.43. The minimum absolute atomic E-state index is 0.176. The average Bonchev–Trinajstić information content (AvgIpc) is 3.23. The van der Waals surface area contributed by atoms with Crippen LogP contribution in [0.2, 0.25) is 0 Å². The molecule has 0 aliphatic heterocycles. The molecule has 1 unspecified atom stereocenters. The van der Waals surface area contributed by atoms with Crippen molar-refractivity contribution in [3.8, 4) is 5.69 Å². The molecule has 0 bridgehead atoms. The zero-order chi connectivity index (χ0) is 17.1. The summed E-state index contributed by atoms with van der Waals surface area (Å²) < 4.78 is 1.79. The van der Waals surface area contributed by atoms with Crippen LogP contribution in [0.3, 0.4) is 0 Å². The number of hydrogen-bond acceptors (Lipinski definition) is 3. The molecule has 1 aliphatic rings. The summed E-state index contributed by atoms with van der Waals surface area (Å²) >= 11 is 0. The Bertz CT molecular complexity index is 717. The molecule has 5 heteroatoms. The number of para-hydroxylation sites is 1. The van der Waals surface area contributed by atoms with Crippen LogP contribution in [0.5, 0.6) is 0 Å². The standard InChI is InChI=1S/C19H25N3O2/c1-13-7-3-6-10-17(13)22-14(2)16(11-21-22)19(24)20-12-18(23)15-8-4-5-9-15/h3,6-7,10-11,15,18,23H,4-5,8-9,12H2,1-2H3,(H,20,24). The van der Waals surface area contributed by atoms with E-state index in [4.69, 9.17) is 0 Å². The Hall–Kier alpha value is -2.14. The number of hydrogen-bond donors (Lipinski definition) is 2. The first-order valence-electron chi connectivity index (χ1n) is 8.65. The van der Waals surface area contributed by atoms with Gasteiger partial charge in [0.25, 0.3) is 5.91 Å². The smallest absolute Gasteiger partial charge is 0.254 e. The minimum Gasteiger partial charge on any atom is -0.391 e. The topological polar surface area (TPSA) is 67.2 Å². The summed E-state index contributed by atoms with van der Waals surface area (Å²) in [6.45, 7) is 4.22. The first-order chi connectivity index (χ1) is 11.6. The normalized spacial score (nSPS) is 16.3. The molecule has 5 nitrogen and oxygen atoms in total. The van der Waals surface area contributed by atoms with Crippen molar-refractivity contribution in [2.75, 3.05) is 6.54 Å². The molecule has 24 heavy (non-hydrogen) atoms. The second-order valence-corrected chi connectivity index (χ2v) is 6.66. The Morgan fingerprint density at radius 2 is 2.04 bits per heavy atom. The Labute approximate surface area is 142 Å². The highest BCUT2D eigenvalue weighted by molar-refractivity contribution is 5.95. The molecular formula is C19H25N3O2. The van der Waals surface area contributed by atoms with Crippen LogP contribution in [0.4, 0.5) is 0 Å². The Morgan fingerprint density at radius 3 is 2.75 bits per heavy atom. The molecule has 1 saturated carbocycles. The van der Waals surface area contributed by atoms with Crippen molar-refractivity contribution in [2.45, 2.75) is 45.6 Å². The number of aliphatic hydroxyl groups is 1. The molecule has 0 spiro atoms. The molecule has 1 amide bonds. The summed E-state index contributed by atoms with van der Waals surface area (Å²) in [5.74, 6) is 0.144. The second-order valence-electron chi connectivity index (χ2n) is 6.66. The summed E-state index contributed by atoms with van der Waals surface area (Å²) in [6, 6.07) is 7.95. The fourth-order valence-corrected chi connectivity index (χ4v) is 3.48. The zero-order valence-corrected chi connectivity index (χ0v) is 14.3. The Balaban J connectivity index is 1.69. The molecule has 1 aliphatic carbocycles. The van der Waals surface area contributed by atoms with Crippen molar-refractivity contribution in [2.24, 2.45) is 5.92 Å². The van der Waals surface area contributed by atoms with E-state index < -0.39 is 6.10 Å². The van der Waals surface area contributed by atoms with Crippen LogP contribution in [0.25, 0.3) is 5.69 Å². The van der Waals surface area contributed by atoms with Gasteiger partial charge in [0.05, 0.1) is 29.2 Å². The van der Waals surface area contributed by atoms with Gasteiger partial charge in [0.1, 0.15) is 0 Å². The highest BCUT2D eigenvalue weighted by atomic mass is 16.3. The van der Waals surface area contributed by atoms with E-state index in [-0.39, 0.29) is 5.91 Å². The van der Waals surface area contributed by atoms with Gasteiger partial charge < -0.3 is 10.4 Å². The lowest BCUT2D eigenvalue weighted by Gasteiger charge is -2.18. The molecule has 0 saturated heterocycles. The molecule has 1 aromatic carbocycles. The lowest BCUT2D eigenvalue weighted by Crippen LogP contribution is -2.35. The number of nitrogens with one attached hydrogen (secondary N) is 1. The van der Waals surface area contributed by atoms with Gasteiger partial charge in [-0.2, -0.15) is 5.10 Å². The van der Waals surface area contributed by atoms with E-state index >= 15 is 0 Å². The lowest BCUT2D eigenvalue weighted by atomic mass is 10.0. The highest BCUT2D eigenvalue weighted by Crippen LogP contribution is 2.27. The van der Waals surface area contributed by atoms with Gasteiger partial charge >= 0.3 is 0 Å². The van der Waals surface area contributed by atoms with E-state index in [0.29, 0.717) is 18.0 Å². The summed E-state index contributed by atoms with van der Waals surface area (Å²) in [4.78, 5) is 12.4. The van der Waals surface area contributed by atoms with Crippen LogP contribution in [0, 0.1) is 19.8 Å². The first-order valence-corrected chi connectivity index (χ1v) is 8.65. The number of aryl methyl sites for hydroxylation is 1. The van der Waals surface area contributed by atoms with E-state index in [1.807, 2.05) is 38.1 Å². The third-order valence-corrected chi connectivity index (χ3v) is 5.01. The quantitative estimate of drug-likeness (QED) is 0.887. The van der Waals surface area contributed by atoms with Gasteiger partial charge in [-0.3, -0.25) is 4.79 Å². The van der Waals surface area contributed by atoms with E-state index in [2.05, 4.69) is 10.4 Å². The SMILES string of the molecule is Cc1ccccc1-n1ncc(C(=O)NCC(O)C2CCCC2)c1C.